The zero-order valence-corrected chi connectivity index (χ0v) is 19.4. The molecule has 0 bridgehead atoms. The van der Waals surface area contributed by atoms with Gasteiger partial charge in [0.15, 0.2) is 11.5 Å². The average Bonchev–Trinajstić information content (AvgIpc) is 3.09. The van der Waals surface area contributed by atoms with Crippen LogP contribution in [0.3, 0.4) is 0 Å². The summed E-state index contributed by atoms with van der Waals surface area (Å²) in [6.45, 7) is 3.88. The molecule has 2 aromatic carbocycles. The second-order valence-electron chi connectivity index (χ2n) is 6.77. The van der Waals surface area contributed by atoms with Crippen molar-refractivity contribution in [3.05, 3.63) is 63.8 Å². The minimum absolute atomic E-state index is 0.0381. The Bertz CT molecular complexity index is 1080. The van der Waals surface area contributed by atoms with Crippen LogP contribution in [0, 0.1) is 6.92 Å². The molecule has 168 valence electrons. The van der Waals surface area contributed by atoms with E-state index in [0.29, 0.717) is 38.4 Å². The van der Waals surface area contributed by atoms with Crippen LogP contribution in [0.5, 0.6) is 17.2 Å². The fraction of sp³-hybridized carbons (Fsp3) is 0.250. The Kier molecular flexibility index (Phi) is 7.48. The molecule has 2 aromatic rings. The average molecular weight is 456 g/mol. The van der Waals surface area contributed by atoms with E-state index in [1.165, 1.54) is 33.1 Å². The zero-order valence-electron chi connectivity index (χ0n) is 18.6. The molecule has 8 heteroatoms. The van der Waals surface area contributed by atoms with Crippen molar-refractivity contribution in [1.29, 1.82) is 0 Å². The molecule has 7 nitrogen and oxygen atoms in total. The van der Waals surface area contributed by atoms with Gasteiger partial charge in [0.05, 0.1) is 38.5 Å². The summed E-state index contributed by atoms with van der Waals surface area (Å²) in [4.78, 5) is 17.6. The van der Waals surface area contributed by atoms with Crippen LogP contribution in [0.15, 0.2) is 57.6 Å². The minimum Gasteiger partial charge on any atom is -0.506 e. The van der Waals surface area contributed by atoms with Crippen molar-refractivity contribution < 1.29 is 28.8 Å². The summed E-state index contributed by atoms with van der Waals surface area (Å²) in [5.41, 5.74) is 2.49. The van der Waals surface area contributed by atoms with E-state index in [9.17, 15) is 9.90 Å². The van der Waals surface area contributed by atoms with E-state index >= 15 is 0 Å². The molecular weight excluding hydrogens is 430 g/mol. The Morgan fingerprint density at radius 2 is 1.69 bits per heavy atom. The molecule has 3 rings (SSSR count). The van der Waals surface area contributed by atoms with Gasteiger partial charge in [-0.3, -0.25) is 0 Å². The number of hydrogen-bond acceptors (Lipinski definition) is 8. The minimum atomic E-state index is -0.628. The summed E-state index contributed by atoms with van der Waals surface area (Å²) in [6, 6.07) is 11.1. The summed E-state index contributed by atoms with van der Waals surface area (Å²) in [6.07, 6.45) is 1.72. The monoisotopic (exact) mass is 455 g/mol. The Morgan fingerprint density at radius 1 is 1.06 bits per heavy atom. The first-order valence-electron chi connectivity index (χ1n) is 9.87. The Labute approximate surface area is 191 Å². The van der Waals surface area contributed by atoms with Gasteiger partial charge in [0.25, 0.3) is 0 Å². The molecule has 0 amide bonds. The maximum Gasteiger partial charge on any atom is 0.344 e. The normalized spacial score (nSPS) is 15.9. The van der Waals surface area contributed by atoms with Gasteiger partial charge in [-0.15, -0.1) is 0 Å². The smallest absolute Gasteiger partial charge is 0.344 e. The maximum atomic E-state index is 12.6. The number of thioether (sulfide) groups is 1. The summed E-state index contributed by atoms with van der Waals surface area (Å²) in [5, 5.41) is 11.2. The highest BCUT2D eigenvalue weighted by atomic mass is 32.2. The molecule has 0 spiro atoms. The van der Waals surface area contributed by atoms with E-state index in [0.717, 1.165) is 5.56 Å². The predicted molar refractivity (Wildman–Crippen MR) is 126 cm³/mol. The molecule has 32 heavy (non-hydrogen) atoms. The third kappa shape index (κ3) is 4.91. The van der Waals surface area contributed by atoms with Crippen LogP contribution >= 0.6 is 11.8 Å². The number of nitrogens with zero attached hydrogens (tertiary/aromatic N) is 1. The van der Waals surface area contributed by atoms with Gasteiger partial charge < -0.3 is 24.1 Å². The van der Waals surface area contributed by atoms with Gasteiger partial charge in [-0.05, 0) is 49.8 Å². The van der Waals surface area contributed by atoms with Crippen LogP contribution in [0.4, 0.5) is 5.69 Å². The maximum absolute atomic E-state index is 12.6. The Morgan fingerprint density at radius 3 is 2.22 bits per heavy atom. The lowest BCUT2D eigenvalue weighted by molar-refractivity contribution is -0.138. The van der Waals surface area contributed by atoms with Crippen molar-refractivity contribution in [3.63, 3.8) is 0 Å². The first kappa shape index (κ1) is 23.3. The molecule has 0 unspecified atom stereocenters. The molecule has 1 aliphatic heterocycles. The molecule has 0 saturated heterocycles. The topological polar surface area (TPSA) is 86.6 Å². The third-order valence-corrected chi connectivity index (χ3v) is 5.64. The summed E-state index contributed by atoms with van der Waals surface area (Å²) in [5.74, 6) is 0.600. The molecule has 0 fully saturated rings. The molecular formula is C24H25NO6S. The van der Waals surface area contributed by atoms with Crippen LogP contribution in [0.25, 0.3) is 6.08 Å². The zero-order chi connectivity index (χ0) is 23.3. The van der Waals surface area contributed by atoms with Crippen molar-refractivity contribution in [3.8, 4) is 17.2 Å². The lowest BCUT2D eigenvalue weighted by Crippen LogP contribution is -2.12. The second-order valence-corrected chi connectivity index (χ2v) is 7.80. The lowest BCUT2D eigenvalue weighted by atomic mass is 10.1. The van der Waals surface area contributed by atoms with Crippen molar-refractivity contribution in [2.45, 2.75) is 13.8 Å². The van der Waals surface area contributed by atoms with Gasteiger partial charge in [0.2, 0.25) is 5.75 Å². The SMILES string of the molecule is CCOC(=O)C1=C(O)/C(=C/c2cc(OC)c(OC)c(OC)c2)SC1=Nc1ccc(C)cc1. The fourth-order valence-electron chi connectivity index (χ4n) is 3.06. The first-order valence-corrected chi connectivity index (χ1v) is 10.7. The quantitative estimate of drug-likeness (QED) is 0.573. The van der Waals surface area contributed by atoms with Crippen LogP contribution in [-0.2, 0) is 9.53 Å². The van der Waals surface area contributed by atoms with Crippen molar-refractivity contribution in [2.75, 3.05) is 27.9 Å². The van der Waals surface area contributed by atoms with E-state index in [1.54, 1.807) is 25.1 Å². The van der Waals surface area contributed by atoms with Gasteiger partial charge in [0, 0.05) is 0 Å². The Balaban J connectivity index is 2.08. The van der Waals surface area contributed by atoms with E-state index < -0.39 is 5.97 Å². The number of aryl methyl sites for hydroxylation is 1. The number of aliphatic hydroxyl groups excluding tert-OH is 1. The molecule has 1 heterocycles. The number of carbonyl (C=O) groups is 1. The van der Waals surface area contributed by atoms with Crippen LogP contribution in [0.1, 0.15) is 18.1 Å². The number of ether oxygens (including phenoxy) is 4. The number of aliphatic hydroxyl groups is 1. The Hall–Kier alpha value is -3.39. The standard InChI is InChI=1S/C24H25NO6S/c1-6-31-24(27)20-21(26)19(32-23(20)25-16-9-7-14(2)8-10-16)13-15-11-17(28-3)22(30-5)18(12-15)29-4/h7-13,26H,6H2,1-5H3/b19-13-,25-23?. The van der Waals surface area contributed by atoms with Crippen LogP contribution in [-0.4, -0.2) is 44.1 Å². The van der Waals surface area contributed by atoms with E-state index in [2.05, 4.69) is 4.99 Å². The highest BCUT2D eigenvalue weighted by Crippen LogP contribution is 2.43. The molecule has 1 N–H and O–H groups in total. The molecule has 0 aliphatic carbocycles. The molecule has 0 saturated carbocycles. The molecule has 0 radical (unpaired) electrons. The number of hydrogen-bond donors (Lipinski definition) is 1. The molecule has 0 aromatic heterocycles. The van der Waals surface area contributed by atoms with Crippen molar-refractivity contribution in [2.24, 2.45) is 4.99 Å². The summed E-state index contributed by atoms with van der Waals surface area (Å²) < 4.78 is 21.3. The number of carbonyl (C=O) groups excluding carboxylic acids is 1. The number of rotatable bonds is 7. The lowest BCUT2D eigenvalue weighted by Gasteiger charge is -2.13. The van der Waals surface area contributed by atoms with E-state index in [-0.39, 0.29) is 17.9 Å². The largest absolute Gasteiger partial charge is 0.506 e. The first-order chi connectivity index (χ1) is 15.4. The van der Waals surface area contributed by atoms with Crippen molar-refractivity contribution >= 4 is 34.5 Å². The van der Waals surface area contributed by atoms with Gasteiger partial charge in [-0.25, -0.2) is 9.79 Å². The summed E-state index contributed by atoms with van der Waals surface area (Å²) >= 11 is 1.19. The van der Waals surface area contributed by atoms with Gasteiger partial charge in [0.1, 0.15) is 16.4 Å². The number of aliphatic imine (C=N–C) groups is 1. The van der Waals surface area contributed by atoms with Crippen molar-refractivity contribution in [1.82, 2.24) is 0 Å². The van der Waals surface area contributed by atoms with Crippen LogP contribution in [0.2, 0.25) is 0 Å². The fourth-order valence-corrected chi connectivity index (χ4v) is 4.10. The highest BCUT2D eigenvalue weighted by Gasteiger charge is 2.33. The van der Waals surface area contributed by atoms with Gasteiger partial charge >= 0.3 is 5.97 Å². The number of esters is 1. The number of methoxy groups -OCH3 is 3. The van der Waals surface area contributed by atoms with Gasteiger partial charge in [-0.1, -0.05) is 29.5 Å². The molecule has 0 atom stereocenters. The number of benzene rings is 2. The summed E-state index contributed by atoms with van der Waals surface area (Å²) in [7, 11) is 4.58. The van der Waals surface area contributed by atoms with Crippen LogP contribution < -0.4 is 14.2 Å². The van der Waals surface area contributed by atoms with Gasteiger partial charge in [-0.2, -0.15) is 0 Å². The molecule has 1 aliphatic rings. The highest BCUT2D eigenvalue weighted by molar-refractivity contribution is 8.18. The third-order valence-electron chi connectivity index (χ3n) is 4.62. The second kappa shape index (κ2) is 10.3. The van der Waals surface area contributed by atoms with E-state index in [1.807, 2.05) is 31.2 Å². The van der Waals surface area contributed by atoms with E-state index in [4.69, 9.17) is 18.9 Å². The predicted octanol–water partition coefficient (Wildman–Crippen LogP) is 5.21.